The van der Waals surface area contributed by atoms with E-state index >= 15 is 0 Å². The molecule has 2 fully saturated rings. The van der Waals surface area contributed by atoms with Crippen molar-refractivity contribution in [2.45, 2.75) is 43.9 Å². The molecule has 2 saturated heterocycles. The first kappa shape index (κ1) is 27.8. The molecule has 2 aliphatic heterocycles. The summed E-state index contributed by atoms with van der Waals surface area (Å²) in [5.41, 5.74) is 0.772. The van der Waals surface area contributed by atoms with Gasteiger partial charge in [0, 0.05) is 38.2 Å². The van der Waals surface area contributed by atoms with Crippen molar-refractivity contribution < 1.29 is 31.5 Å². The molecule has 0 radical (unpaired) electrons. The molecule has 2 aliphatic rings. The normalized spacial score (nSPS) is 19.6. The summed E-state index contributed by atoms with van der Waals surface area (Å²) in [4.78, 5) is 33.3. The lowest BCUT2D eigenvalue weighted by molar-refractivity contribution is -0.137. The van der Waals surface area contributed by atoms with Gasteiger partial charge >= 0.3 is 6.18 Å². The fourth-order valence-corrected chi connectivity index (χ4v) is 5.41. The van der Waals surface area contributed by atoms with Gasteiger partial charge in [-0.2, -0.15) is 13.2 Å². The molecule has 2 amide bonds. The third-order valence-corrected chi connectivity index (χ3v) is 7.33. The maximum absolute atomic E-state index is 13.7. The number of fused-ring (bicyclic) bond motifs is 1. The van der Waals surface area contributed by atoms with Crippen molar-refractivity contribution in [2.75, 3.05) is 31.5 Å². The number of hydrogen-bond donors (Lipinski definition) is 1. The van der Waals surface area contributed by atoms with Crippen LogP contribution in [0.1, 0.15) is 46.8 Å². The molecule has 2 aromatic carbocycles. The third-order valence-electron chi connectivity index (χ3n) is 7.33. The van der Waals surface area contributed by atoms with Crippen LogP contribution in [-0.2, 0) is 17.5 Å². The highest BCUT2D eigenvalue weighted by Gasteiger charge is 2.38. The standard InChI is InChI=1S/C28H28F5N5O2/c1-2-24(39)37-11-4-7-21(16-37)38-23-9-8-18(15-36-12-10-27(29,30)17-36)13-22(23)34-26(38)35-25(40)19-5-3-6-20(14-19)28(31,32)33/h2-3,5-6,8-9,13-14,21H,1,4,7,10-12,15-17H2,(H,34,35,40). The van der Waals surface area contributed by atoms with Gasteiger partial charge in [0.2, 0.25) is 11.9 Å². The van der Waals surface area contributed by atoms with Gasteiger partial charge in [-0.05, 0) is 54.8 Å². The van der Waals surface area contributed by atoms with Crippen LogP contribution in [0.3, 0.4) is 0 Å². The number of benzene rings is 2. The Bertz CT molecular complexity index is 1450. The van der Waals surface area contributed by atoms with Gasteiger partial charge < -0.3 is 9.47 Å². The minimum absolute atomic E-state index is 0.125. The number of carbonyl (C=O) groups excluding carboxylic acids is 2. The van der Waals surface area contributed by atoms with Crippen LogP contribution < -0.4 is 5.32 Å². The van der Waals surface area contributed by atoms with Gasteiger partial charge in [0.15, 0.2) is 0 Å². The quantitative estimate of drug-likeness (QED) is 0.319. The number of amides is 2. The van der Waals surface area contributed by atoms with Crippen LogP contribution in [0, 0.1) is 0 Å². The highest BCUT2D eigenvalue weighted by Crippen LogP contribution is 2.33. The highest BCUT2D eigenvalue weighted by atomic mass is 19.4. The van der Waals surface area contributed by atoms with Crippen molar-refractivity contribution in [2.24, 2.45) is 0 Å². The summed E-state index contributed by atoms with van der Waals surface area (Å²) >= 11 is 0. The van der Waals surface area contributed by atoms with Crippen LogP contribution >= 0.6 is 0 Å². The lowest BCUT2D eigenvalue weighted by atomic mass is 10.0. The summed E-state index contributed by atoms with van der Waals surface area (Å²) in [7, 11) is 0. The largest absolute Gasteiger partial charge is 0.416 e. The number of rotatable bonds is 6. The SMILES string of the molecule is C=CC(=O)N1CCCC(n2c(NC(=O)c3cccc(C(F)(F)F)c3)nc3cc(CN4CCC(F)(F)C4)ccc32)C1. The number of aromatic nitrogens is 2. The Balaban J connectivity index is 1.49. The molecule has 212 valence electrons. The molecule has 1 aromatic heterocycles. The first-order chi connectivity index (χ1) is 18.9. The predicted octanol–water partition coefficient (Wildman–Crippen LogP) is 5.50. The molecule has 3 heterocycles. The Kier molecular flexibility index (Phi) is 7.38. The number of likely N-dealkylation sites (tertiary alicyclic amines) is 2. The Morgan fingerprint density at radius 3 is 2.65 bits per heavy atom. The Morgan fingerprint density at radius 1 is 1.15 bits per heavy atom. The number of imidazole rings is 1. The summed E-state index contributed by atoms with van der Waals surface area (Å²) in [6.45, 7) is 4.67. The molecule has 1 atom stereocenters. The summed E-state index contributed by atoms with van der Waals surface area (Å²) in [5, 5.41) is 2.67. The first-order valence-electron chi connectivity index (χ1n) is 12.9. The van der Waals surface area contributed by atoms with E-state index in [2.05, 4.69) is 16.9 Å². The van der Waals surface area contributed by atoms with Crippen LogP contribution in [0.4, 0.5) is 27.9 Å². The number of hydrogen-bond acceptors (Lipinski definition) is 4. The molecule has 1 unspecified atom stereocenters. The average Bonchev–Trinajstić information content (AvgIpc) is 3.45. The fraction of sp³-hybridized carbons (Fsp3) is 0.393. The molecular formula is C28H28F5N5O2. The summed E-state index contributed by atoms with van der Waals surface area (Å²) in [6.07, 6.45) is -2.21. The molecule has 0 saturated carbocycles. The van der Waals surface area contributed by atoms with E-state index in [-0.39, 0.29) is 43.0 Å². The van der Waals surface area contributed by atoms with Crippen LogP contribution in [0.25, 0.3) is 11.0 Å². The Labute approximate surface area is 227 Å². The monoisotopic (exact) mass is 561 g/mol. The van der Waals surface area contributed by atoms with E-state index in [0.717, 1.165) is 23.8 Å². The second-order valence-electron chi connectivity index (χ2n) is 10.3. The van der Waals surface area contributed by atoms with Crippen molar-refractivity contribution in [3.8, 4) is 0 Å². The van der Waals surface area contributed by atoms with Gasteiger partial charge in [-0.15, -0.1) is 0 Å². The second-order valence-corrected chi connectivity index (χ2v) is 10.3. The van der Waals surface area contributed by atoms with E-state index in [4.69, 9.17) is 0 Å². The highest BCUT2D eigenvalue weighted by molar-refractivity contribution is 6.04. The van der Waals surface area contributed by atoms with Crippen LogP contribution in [0.5, 0.6) is 0 Å². The van der Waals surface area contributed by atoms with Gasteiger partial charge in [0.05, 0.1) is 29.2 Å². The van der Waals surface area contributed by atoms with Crippen molar-refractivity contribution in [1.29, 1.82) is 0 Å². The van der Waals surface area contributed by atoms with E-state index in [1.807, 2.05) is 6.07 Å². The summed E-state index contributed by atoms with van der Waals surface area (Å²) in [6, 6.07) is 9.20. The number of anilines is 1. The molecule has 40 heavy (non-hydrogen) atoms. The second kappa shape index (κ2) is 10.6. The molecule has 12 heteroatoms. The summed E-state index contributed by atoms with van der Waals surface area (Å²) < 4.78 is 68.8. The smallest absolute Gasteiger partial charge is 0.337 e. The molecule has 7 nitrogen and oxygen atoms in total. The number of piperidine rings is 1. The topological polar surface area (TPSA) is 70.5 Å². The molecule has 0 spiro atoms. The maximum Gasteiger partial charge on any atom is 0.416 e. The number of halogens is 5. The van der Waals surface area contributed by atoms with Gasteiger partial charge in [0.25, 0.3) is 11.8 Å². The lowest BCUT2D eigenvalue weighted by Crippen LogP contribution is -2.40. The molecule has 0 aliphatic carbocycles. The molecule has 5 rings (SSSR count). The lowest BCUT2D eigenvalue weighted by Gasteiger charge is -2.33. The average molecular weight is 562 g/mol. The zero-order chi connectivity index (χ0) is 28.7. The summed E-state index contributed by atoms with van der Waals surface area (Å²) in [5.74, 6) is -3.59. The minimum Gasteiger partial charge on any atom is -0.337 e. The number of nitrogens with zero attached hydrogens (tertiary/aromatic N) is 4. The maximum atomic E-state index is 13.7. The van der Waals surface area contributed by atoms with Gasteiger partial charge in [-0.3, -0.25) is 19.8 Å². The molecule has 0 bridgehead atoms. The first-order valence-corrected chi connectivity index (χ1v) is 12.9. The zero-order valence-electron chi connectivity index (χ0n) is 21.6. The third kappa shape index (κ3) is 5.86. The van der Waals surface area contributed by atoms with E-state index in [9.17, 15) is 31.5 Å². The van der Waals surface area contributed by atoms with Gasteiger partial charge in [-0.25, -0.2) is 13.8 Å². The predicted molar refractivity (Wildman–Crippen MR) is 139 cm³/mol. The van der Waals surface area contributed by atoms with Gasteiger partial charge in [0.1, 0.15) is 0 Å². The molecular weight excluding hydrogens is 533 g/mol. The van der Waals surface area contributed by atoms with E-state index < -0.39 is 23.6 Å². The van der Waals surface area contributed by atoms with Crippen molar-refractivity contribution in [3.63, 3.8) is 0 Å². The Morgan fingerprint density at radius 2 is 1.95 bits per heavy atom. The van der Waals surface area contributed by atoms with Gasteiger partial charge in [-0.1, -0.05) is 18.7 Å². The number of alkyl halides is 5. The van der Waals surface area contributed by atoms with E-state index in [0.29, 0.717) is 43.5 Å². The number of nitrogens with one attached hydrogen (secondary N) is 1. The minimum atomic E-state index is -4.61. The van der Waals surface area contributed by atoms with Crippen molar-refractivity contribution in [1.82, 2.24) is 19.4 Å². The van der Waals surface area contributed by atoms with E-state index in [1.54, 1.807) is 26.5 Å². The van der Waals surface area contributed by atoms with Crippen molar-refractivity contribution in [3.05, 3.63) is 71.8 Å². The van der Waals surface area contributed by atoms with Crippen LogP contribution in [0.2, 0.25) is 0 Å². The zero-order valence-corrected chi connectivity index (χ0v) is 21.6. The fourth-order valence-electron chi connectivity index (χ4n) is 5.41. The van der Waals surface area contributed by atoms with E-state index in [1.165, 1.54) is 12.1 Å². The number of carbonyl (C=O) groups is 2. The molecule has 3 aromatic rings. The van der Waals surface area contributed by atoms with Crippen LogP contribution in [0.15, 0.2) is 55.1 Å². The van der Waals surface area contributed by atoms with Crippen LogP contribution in [-0.4, -0.2) is 63.3 Å². The molecule has 1 N–H and O–H groups in total. The Hall–Kier alpha value is -3.80. The van der Waals surface area contributed by atoms with Crippen molar-refractivity contribution >= 4 is 28.8 Å².